The molecule has 1 aliphatic rings. The first-order valence-corrected chi connectivity index (χ1v) is 5.73. The quantitative estimate of drug-likeness (QED) is 0.897. The van der Waals surface area contributed by atoms with Crippen molar-refractivity contribution < 1.29 is 14.6 Å². The topological polar surface area (TPSA) is 49.8 Å². The Balaban J connectivity index is 2.30. The molecule has 1 fully saturated rings. The highest BCUT2D eigenvalue weighted by Crippen LogP contribution is 2.32. The number of carbonyl (C=O) groups is 1. The number of rotatable bonds is 2. The number of hydrogen-bond acceptors (Lipinski definition) is 3. The molecule has 86 valence electrons. The van der Waals surface area contributed by atoms with Crippen LogP contribution in [0.2, 0.25) is 0 Å². The third-order valence-corrected chi connectivity index (χ3v) is 3.19. The molecule has 0 radical (unpaired) electrons. The van der Waals surface area contributed by atoms with Gasteiger partial charge in [-0.3, -0.25) is 4.79 Å². The molecule has 1 aromatic carbocycles. The van der Waals surface area contributed by atoms with Crippen molar-refractivity contribution in [2.75, 3.05) is 18.6 Å². The summed E-state index contributed by atoms with van der Waals surface area (Å²) in [5.41, 5.74) is 0.766. The third kappa shape index (κ3) is 2.05. The largest absolute Gasteiger partial charge is 0.497 e. The Morgan fingerprint density at radius 1 is 1.56 bits per heavy atom. The van der Waals surface area contributed by atoms with Crippen molar-refractivity contribution in [1.29, 1.82) is 0 Å². The Hall–Kier alpha value is -1.07. The van der Waals surface area contributed by atoms with Gasteiger partial charge in [0, 0.05) is 4.47 Å². The summed E-state index contributed by atoms with van der Waals surface area (Å²) < 4.78 is 5.86. The van der Waals surface area contributed by atoms with E-state index >= 15 is 0 Å². The molecule has 0 aromatic heterocycles. The average Bonchev–Trinajstić information content (AvgIpc) is 2.57. The number of hydrogen-bond donors (Lipinski definition) is 1. The van der Waals surface area contributed by atoms with Crippen molar-refractivity contribution in [1.82, 2.24) is 0 Å². The minimum atomic E-state index is -0.568. The number of benzene rings is 1. The second-order valence-corrected chi connectivity index (χ2v) is 4.53. The molecule has 16 heavy (non-hydrogen) atoms. The second-order valence-electron chi connectivity index (χ2n) is 3.68. The van der Waals surface area contributed by atoms with E-state index in [0.29, 0.717) is 6.54 Å². The third-order valence-electron chi connectivity index (χ3n) is 2.55. The number of methoxy groups -OCH3 is 1. The molecule has 0 aliphatic carbocycles. The predicted molar refractivity (Wildman–Crippen MR) is 63.7 cm³/mol. The fourth-order valence-corrected chi connectivity index (χ4v) is 2.33. The van der Waals surface area contributed by atoms with E-state index in [0.717, 1.165) is 15.9 Å². The van der Waals surface area contributed by atoms with E-state index in [-0.39, 0.29) is 12.3 Å². The first-order valence-electron chi connectivity index (χ1n) is 4.94. The Bertz CT molecular complexity index is 422. The summed E-state index contributed by atoms with van der Waals surface area (Å²) in [5.74, 6) is 0.668. The van der Waals surface area contributed by atoms with Crippen LogP contribution < -0.4 is 9.64 Å². The lowest BCUT2D eigenvalue weighted by Gasteiger charge is -2.18. The van der Waals surface area contributed by atoms with Crippen molar-refractivity contribution in [3.63, 3.8) is 0 Å². The highest BCUT2D eigenvalue weighted by Gasteiger charge is 2.30. The molecule has 1 aromatic rings. The van der Waals surface area contributed by atoms with Crippen LogP contribution in [0.25, 0.3) is 0 Å². The van der Waals surface area contributed by atoms with Crippen LogP contribution in [0.15, 0.2) is 22.7 Å². The van der Waals surface area contributed by atoms with Crippen molar-refractivity contribution in [3.8, 4) is 5.75 Å². The maximum Gasteiger partial charge on any atom is 0.229 e. The Labute approximate surface area is 102 Å². The number of β-amino-alcohol motifs (C(OH)–C–C–N with tert-alkyl or cyclic N) is 1. The lowest BCUT2D eigenvalue weighted by Crippen LogP contribution is -2.25. The van der Waals surface area contributed by atoms with Gasteiger partial charge in [-0.05, 0) is 34.1 Å². The molecular weight excluding hydrogens is 274 g/mol. The molecule has 1 amide bonds. The minimum Gasteiger partial charge on any atom is -0.497 e. The van der Waals surface area contributed by atoms with E-state index < -0.39 is 6.10 Å². The molecule has 1 aliphatic heterocycles. The highest BCUT2D eigenvalue weighted by atomic mass is 79.9. The fourth-order valence-electron chi connectivity index (χ4n) is 1.76. The van der Waals surface area contributed by atoms with Gasteiger partial charge in [-0.25, -0.2) is 0 Å². The number of anilines is 1. The van der Waals surface area contributed by atoms with Crippen molar-refractivity contribution >= 4 is 27.5 Å². The molecule has 0 saturated carbocycles. The van der Waals surface area contributed by atoms with Crippen molar-refractivity contribution in [2.24, 2.45) is 0 Å². The molecule has 1 N–H and O–H groups in total. The standard InChI is InChI=1S/C11H12BrNO3/c1-16-8-2-3-10(9(12)5-8)13-6-7(14)4-11(13)15/h2-3,5,7,14H,4,6H2,1H3. The van der Waals surface area contributed by atoms with Gasteiger partial charge in [-0.1, -0.05) is 0 Å². The van der Waals surface area contributed by atoms with Gasteiger partial charge in [-0.2, -0.15) is 0 Å². The molecule has 1 heterocycles. The molecule has 0 spiro atoms. The summed E-state index contributed by atoms with van der Waals surface area (Å²) in [7, 11) is 1.59. The predicted octanol–water partition coefficient (Wildman–Crippen LogP) is 1.56. The first kappa shape index (κ1) is 11.4. The SMILES string of the molecule is COc1ccc(N2CC(O)CC2=O)c(Br)c1. The van der Waals surface area contributed by atoms with Gasteiger partial charge in [0.2, 0.25) is 5.91 Å². The van der Waals surface area contributed by atoms with E-state index in [1.807, 2.05) is 0 Å². The zero-order valence-electron chi connectivity index (χ0n) is 8.81. The van der Waals surface area contributed by atoms with Crippen LogP contribution in [-0.4, -0.2) is 30.8 Å². The molecule has 0 bridgehead atoms. The van der Waals surface area contributed by atoms with Crippen LogP contribution >= 0.6 is 15.9 Å². The van der Waals surface area contributed by atoms with Gasteiger partial charge in [0.05, 0.1) is 31.9 Å². The van der Waals surface area contributed by atoms with Crippen LogP contribution in [0, 0.1) is 0 Å². The van der Waals surface area contributed by atoms with Gasteiger partial charge in [0.15, 0.2) is 0 Å². The maximum absolute atomic E-state index is 11.6. The summed E-state index contributed by atoms with van der Waals surface area (Å²) in [6, 6.07) is 5.39. The van der Waals surface area contributed by atoms with E-state index in [1.165, 1.54) is 0 Å². The van der Waals surface area contributed by atoms with Gasteiger partial charge < -0.3 is 14.7 Å². The molecule has 2 rings (SSSR count). The number of amides is 1. The van der Waals surface area contributed by atoms with Crippen LogP contribution in [0.1, 0.15) is 6.42 Å². The summed E-state index contributed by atoms with van der Waals surface area (Å²) in [6.07, 6.45) is -0.375. The molecule has 1 atom stereocenters. The second kappa shape index (κ2) is 4.43. The van der Waals surface area contributed by atoms with Crippen LogP contribution in [0.3, 0.4) is 0 Å². The Morgan fingerprint density at radius 3 is 2.81 bits per heavy atom. The summed E-state index contributed by atoms with van der Waals surface area (Å²) in [4.78, 5) is 13.2. The average molecular weight is 286 g/mol. The van der Waals surface area contributed by atoms with Gasteiger partial charge >= 0.3 is 0 Å². The molecule has 5 heteroatoms. The van der Waals surface area contributed by atoms with Crippen molar-refractivity contribution in [2.45, 2.75) is 12.5 Å². The van der Waals surface area contributed by atoms with Gasteiger partial charge in [0.1, 0.15) is 5.75 Å². The van der Waals surface area contributed by atoms with Crippen LogP contribution in [0.5, 0.6) is 5.75 Å². The van der Waals surface area contributed by atoms with E-state index in [1.54, 1.807) is 30.2 Å². The molecule has 1 unspecified atom stereocenters. The smallest absolute Gasteiger partial charge is 0.229 e. The van der Waals surface area contributed by atoms with Crippen LogP contribution in [-0.2, 0) is 4.79 Å². The summed E-state index contributed by atoms with van der Waals surface area (Å²) in [5, 5.41) is 9.42. The fraction of sp³-hybridized carbons (Fsp3) is 0.364. The minimum absolute atomic E-state index is 0.0571. The lowest BCUT2D eigenvalue weighted by molar-refractivity contribution is -0.117. The van der Waals surface area contributed by atoms with Crippen molar-refractivity contribution in [3.05, 3.63) is 22.7 Å². The molecule has 1 saturated heterocycles. The number of nitrogens with zero attached hydrogens (tertiary/aromatic N) is 1. The zero-order valence-corrected chi connectivity index (χ0v) is 10.4. The molecular formula is C11H12BrNO3. The number of ether oxygens (including phenoxy) is 1. The first-order chi connectivity index (χ1) is 7.61. The summed E-state index contributed by atoms with van der Waals surface area (Å²) in [6.45, 7) is 0.351. The van der Waals surface area contributed by atoms with E-state index in [2.05, 4.69) is 15.9 Å². The van der Waals surface area contributed by atoms with E-state index in [9.17, 15) is 9.90 Å². The Morgan fingerprint density at radius 2 is 2.31 bits per heavy atom. The number of halogens is 1. The maximum atomic E-state index is 11.6. The van der Waals surface area contributed by atoms with Gasteiger partial charge in [0.25, 0.3) is 0 Å². The number of aliphatic hydroxyl groups is 1. The zero-order chi connectivity index (χ0) is 11.7. The van der Waals surface area contributed by atoms with E-state index in [4.69, 9.17) is 4.74 Å². The monoisotopic (exact) mass is 285 g/mol. The summed E-state index contributed by atoms with van der Waals surface area (Å²) >= 11 is 3.39. The number of aliphatic hydroxyl groups excluding tert-OH is 1. The number of carbonyl (C=O) groups excluding carboxylic acids is 1. The normalized spacial score (nSPS) is 20.3. The lowest BCUT2D eigenvalue weighted by atomic mass is 10.3. The van der Waals surface area contributed by atoms with Crippen LogP contribution in [0.4, 0.5) is 5.69 Å². The molecule has 4 nitrogen and oxygen atoms in total. The Kier molecular flexibility index (Phi) is 3.16. The highest BCUT2D eigenvalue weighted by molar-refractivity contribution is 9.10. The van der Waals surface area contributed by atoms with Gasteiger partial charge in [-0.15, -0.1) is 0 Å².